The van der Waals surface area contributed by atoms with Gasteiger partial charge < -0.3 is 14.6 Å². The number of ether oxygens (including phenoxy) is 1. The van der Waals surface area contributed by atoms with Gasteiger partial charge in [0.1, 0.15) is 5.75 Å². The van der Waals surface area contributed by atoms with E-state index in [9.17, 15) is 31.5 Å². The summed E-state index contributed by atoms with van der Waals surface area (Å²) in [6.45, 7) is 1.91. The molecule has 1 saturated heterocycles. The Labute approximate surface area is 205 Å². The third-order valence-corrected chi connectivity index (χ3v) is 6.93. The number of imide groups is 1. The summed E-state index contributed by atoms with van der Waals surface area (Å²) in [5.41, 5.74) is 1.01. The van der Waals surface area contributed by atoms with Crippen LogP contribution in [0.5, 0.6) is 11.5 Å². The van der Waals surface area contributed by atoms with E-state index in [1.165, 1.54) is 23.1 Å². The Kier molecular flexibility index (Phi) is 4.85. The molecule has 2 aliphatic rings. The predicted octanol–water partition coefficient (Wildman–Crippen LogP) is 5.90. The van der Waals surface area contributed by atoms with Gasteiger partial charge in [0.15, 0.2) is 5.54 Å². The zero-order valence-corrected chi connectivity index (χ0v) is 19.0. The number of amides is 3. The molecule has 3 aromatic carbocycles. The first kappa shape index (κ1) is 23.0. The largest absolute Gasteiger partial charge is 0.451 e. The second-order valence-electron chi connectivity index (χ2n) is 8.92. The molecule has 1 unspecified atom stereocenters. The summed E-state index contributed by atoms with van der Waals surface area (Å²) >= 11 is 0. The van der Waals surface area contributed by atoms with Gasteiger partial charge in [-0.05, 0) is 37.1 Å². The minimum atomic E-state index is -2.31. The van der Waals surface area contributed by atoms with Crippen molar-refractivity contribution in [3.63, 3.8) is 0 Å². The van der Waals surface area contributed by atoms with E-state index < -0.39 is 52.3 Å². The fraction of sp³-hybridized carbons (Fsp3) is 0.154. The molecule has 11 heteroatoms. The first-order chi connectivity index (χ1) is 17.6. The second kappa shape index (κ2) is 7.79. The van der Waals surface area contributed by atoms with E-state index in [2.05, 4.69) is 4.98 Å². The maximum Gasteiger partial charge on any atom is 0.332 e. The number of nitrogens with one attached hydrogen (secondary N) is 1. The minimum Gasteiger partial charge on any atom is -0.451 e. The normalized spacial score (nSPS) is 19.0. The number of fused-ring (bicyclic) bond motifs is 5. The van der Waals surface area contributed by atoms with E-state index >= 15 is 0 Å². The Morgan fingerprint density at radius 3 is 2.30 bits per heavy atom. The van der Waals surface area contributed by atoms with Crippen LogP contribution < -0.4 is 9.64 Å². The van der Waals surface area contributed by atoms with Gasteiger partial charge in [-0.2, -0.15) is 8.78 Å². The molecule has 1 atom stereocenters. The fourth-order valence-electron chi connectivity index (χ4n) is 5.10. The lowest BCUT2D eigenvalue weighted by molar-refractivity contribution is -0.125. The van der Waals surface area contributed by atoms with Crippen LogP contribution >= 0.6 is 0 Å². The van der Waals surface area contributed by atoms with Gasteiger partial charge in [0.05, 0.1) is 11.4 Å². The van der Waals surface area contributed by atoms with Crippen molar-refractivity contribution in [2.75, 3.05) is 11.4 Å². The van der Waals surface area contributed by atoms with Crippen LogP contribution in [0.1, 0.15) is 18.2 Å². The van der Waals surface area contributed by atoms with Crippen molar-refractivity contribution in [1.29, 1.82) is 0 Å². The van der Waals surface area contributed by atoms with Crippen molar-refractivity contribution in [2.45, 2.75) is 18.9 Å². The molecule has 0 saturated carbocycles. The Balaban J connectivity index is 1.40. The number of carbonyl (C=O) groups excluding carboxylic acids is 2. The third kappa shape index (κ3) is 3.03. The Morgan fingerprint density at radius 1 is 0.892 bits per heavy atom. The molecule has 0 bridgehead atoms. The highest BCUT2D eigenvalue weighted by molar-refractivity contribution is 6.23. The molecule has 188 valence electrons. The number of urea groups is 1. The number of hydrogen-bond donors (Lipinski definition) is 1. The molecular formula is C26H16F5N3O3. The number of nitrogens with zero attached hydrogens (tertiary/aromatic N) is 2. The summed E-state index contributed by atoms with van der Waals surface area (Å²) in [6.07, 6.45) is 0.519. The van der Waals surface area contributed by atoms with Gasteiger partial charge in [0.2, 0.25) is 34.8 Å². The van der Waals surface area contributed by atoms with Crippen LogP contribution in [-0.4, -0.2) is 28.4 Å². The highest BCUT2D eigenvalue weighted by Crippen LogP contribution is 2.45. The number of rotatable bonds is 3. The summed E-state index contributed by atoms with van der Waals surface area (Å²) in [5, 5.41) is 0.954. The first-order valence-electron chi connectivity index (χ1n) is 11.2. The molecule has 4 aromatic rings. The maximum absolute atomic E-state index is 14.1. The topological polar surface area (TPSA) is 65.6 Å². The number of carbonyl (C=O) groups is 2. The summed E-state index contributed by atoms with van der Waals surface area (Å²) in [5.74, 6) is -13.3. The summed E-state index contributed by atoms with van der Waals surface area (Å²) < 4.78 is 73.8. The Hall–Kier alpha value is -4.41. The van der Waals surface area contributed by atoms with Crippen molar-refractivity contribution in [2.24, 2.45) is 0 Å². The lowest BCUT2D eigenvalue weighted by Gasteiger charge is -2.35. The molecule has 0 radical (unpaired) electrons. The van der Waals surface area contributed by atoms with Crippen LogP contribution in [-0.2, 0) is 16.8 Å². The SMILES string of the molecule is CC12C(=O)N(c3cccc(Oc4c(F)c(F)c(F)c(F)c4F)c3)C(=O)N1CCc1c2[nH]c2ccccc12. The van der Waals surface area contributed by atoms with Gasteiger partial charge in [0, 0.05) is 23.5 Å². The van der Waals surface area contributed by atoms with Crippen LogP contribution in [0.25, 0.3) is 10.9 Å². The van der Waals surface area contributed by atoms with Crippen molar-refractivity contribution >= 4 is 28.5 Å². The lowest BCUT2D eigenvalue weighted by atomic mass is 9.87. The molecule has 6 nitrogen and oxygen atoms in total. The molecule has 1 aromatic heterocycles. The van der Waals surface area contributed by atoms with Gasteiger partial charge in [-0.25, -0.2) is 22.9 Å². The number of H-pyrrole nitrogens is 1. The molecule has 3 amide bonds. The smallest absolute Gasteiger partial charge is 0.332 e. The van der Waals surface area contributed by atoms with Crippen LogP contribution in [0, 0.1) is 29.1 Å². The number of halogens is 5. The van der Waals surface area contributed by atoms with Crippen molar-refractivity contribution < 1.29 is 36.3 Å². The summed E-state index contributed by atoms with van der Waals surface area (Å²) in [7, 11) is 0. The number of para-hydroxylation sites is 1. The Bertz CT molecular complexity index is 1620. The zero-order chi connectivity index (χ0) is 26.2. The van der Waals surface area contributed by atoms with Crippen molar-refractivity contribution in [3.8, 4) is 11.5 Å². The molecule has 6 rings (SSSR count). The number of hydrogen-bond acceptors (Lipinski definition) is 3. The zero-order valence-electron chi connectivity index (χ0n) is 19.0. The van der Waals surface area contributed by atoms with Crippen molar-refractivity contribution in [3.05, 3.63) is 88.9 Å². The van der Waals surface area contributed by atoms with Gasteiger partial charge in [0.25, 0.3) is 5.91 Å². The van der Waals surface area contributed by atoms with Crippen LogP contribution in [0.4, 0.5) is 32.4 Å². The fourth-order valence-corrected chi connectivity index (χ4v) is 5.10. The Morgan fingerprint density at radius 2 is 1.57 bits per heavy atom. The van der Waals surface area contributed by atoms with E-state index in [0.29, 0.717) is 12.1 Å². The minimum absolute atomic E-state index is 0.00431. The van der Waals surface area contributed by atoms with E-state index in [1.54, 1.807) is 6.92 Å². The average molecular weight is 513 g/mol. The van der Waals surface area contributed by atoms with E-state index in [-0.39, 0.29) is 18.0 Å². The average Bonchev–Trinajstić information content (AvgIpc) is 3.38. The number of benzene rings is 3. The van der Waals surface area contributed by atoms with Gasteiger partial charge in [-0.15, -0.1) is 0 Å². The third-order valence-electron chi connectivity index (χ3n) is 6.93. The van der Waals surface area contributed by atoms with E-state index in [0.717, 1.165) is 27.4 Å². The standard InChI is InChI=1S/C26H16F5N3O3/c1-26-23-15(14-7-2-3-8-16(14)32-23)9-10-33(26)25(36)34(24(26)35)12-5-4-6-13(11-12)37-22-20(30)18(28)17(27)19(29)21(22)31/h2-8,11,32H,9-10H2,1H3. The molecule has 3 heterocycles. The van der Waals surface area contributed by atoms with Gasteiger partial charge in [-0.1, -0.05) is 24.3 Å². The molecular weight excluding hydrogens is 497 g/mol. The second-order valence-corrected chi connectivity index (χ2v) is 8.92. The quantitative estimate of drug-likeness (QED) is 0.161. The molecule has 1 N–H and O–H groups in total. The number of aromatic amines is 1. The molecule has 1 fully saturated rings. The number of anilines is 1. The first-order valence-corrected chi connectivity index (χ1v) is 11.2. The van der Waals surface area contributed by atoms with Gasteiger partial charge in [-0.3, -0.25) is 4.79 Å². The maximum atomic E-state index is 14.1. The summed E-state index contributed by atoms with van der Waals surface area (Å²) in [6, 6.07) is 12.0. The predicted molar refractivity (Wildman–Crippen MR) is 122 cm³/mol. The highest BCUT2D eigenvalue weighted by atomic mass is 19.2. The van der Waals surface area contributed by atoms with Gasteiger partial charge >= 0.3 is 6.03 Å². The lowest BCUT2D eigenvalue weighted by Crippen LogP contribution is -2.49. The number of aromatic nitrogens is 1. The molecule has 0 spiro atoms. The molecule has 2 aliphatic heterocycles. The highest BCUT2D eigenvalue weighted by Gasteiger charge is 2.59. The summed E-state index contributed by atoms with van der Waals surface area (Å²) in [4.78, 5) is 32.8. The van der Waals surface area contributed by atoms with E-state index in [1.807, 2.05) is 24.3 Å². The van der Waals surface area contributed by atoms with Crippen LogP contribution in [0.2, 0.25) is 0 Å². The monoisotopic (exact) mass is 513 g/mol. The molecule has 37 heavy (non-hydrogen) atoms. The van der Waals surface area contributed by atoms with Crippen LogP contribution in [0.15, 0.2) is 48.5 Å². The van der Waals surface area contributed by atoms with E-state index in [4.69, 9.17) is 4.74 Å². The van der Waals surface area contributed by atoms with Crippen LogP contribution in [0.3, 0.4) is 0 Å². The van der Waals surface area contributed by atoms with Crippen molar-refractivity contribution in [1.82, 2.24) is 9.88 Å². The molecule has 0 aliphatic carbocycles.